The number of rotatable bonds is 6. The number of amides is 2. The lowest BCUT2D eigenvalue weighted by molar-refractivity contribution is -0.120. The number of aromatic amines is 1. The Labute approximate surface area is 107 Å². The minimum Gasteiger partial charge on any atom is -0.356 e. The molecule has 1 aromatic heterocycles. The minimum atomic E-state index is -0.193. The van der Waals surface area contributed by atoms with E-state index in [0.29, 0.717) is 30.8 Å². The standard InChI is InChI=1S/C12H20N4O2/c1-4-6-13-10(17)5-7-14-12(18)11-8(2)15-16-9(11)3/h4-7H2,1-3H3,(H,13,17)(H,14,18)(H,15,16). The fourth-order valence-corrected chi connectivity index (χ4v) is 1.62. The van der Waals surface area contributed by atoms with E-state index in [9.17, 15) is 9.59 Å². The van der Waals surface area contributed by atoms with Crippen molar-refractivity contribution in [1.82, 2.24) is 20.8 Å². The average Bonchev–Trinajstić information content (AvgIpc) is 2.66. The van der Waals surface area contributed by atoms with Crippen LogP contribution in [0.15, 0.2) is 0 Å². The Kier molecular flexibility index (Phi) is 5.35. The van der Waals surface area contributed by atoms with Crippen LogP contribution in [0.3, 0.4) is 0 Å². The molecule has 1 aromatic rings. The summed E-state index contributed by atoms with van der Waals surface area (Å²) in [5.41, 5.74) is 1.96. The van der Waals surface area contributed by atoms with Crippen molar-refractivity contribution in [2.24, 2.45) is 0 Å². The second-order valence-electron chi connectivity index (χ2n) is 4.16. The van der Waals surface area contributed by atoms with E-state index in [4.69, 9.17) is 0 Å². The maximum absolute atomic E-state index is 11.8. The number of carbonyl (C=O) groups excluding carboxylic acids is 2. The third-order valence-corrected chi connectivity index (χ3v) is 2.56. The van der Waals surface area contributed by atoms with E-state index in [2.05, 4.69) is 20.8 Å². The van der Waals surface area contributed by atoms with Crippen LogP contribution in [0.1, 0.15) is 41.5 Å². The third kappa shape index (κ3) is 3.87. The first-order valence-corrected chi connectivity index (χ1v) is 6.12. The summed E-state index contributed by atoms with van der Waals surface area (Å²) in [7, 11) is 0. The van der Waals surface area contributed by atoms with Crippen molar-refractivity contribution >= 4 is 11.8 Å². The summed E-state index contributed by atoms with van der Waals surface area (Å²) in [4.78, 5) is 23.2. The molecule has 100 valence electrons. The molecule has 0 fully saturated rings. The maximum Gasteiger partial charge on any atom is 0.255 e. The summed E-state index contributed by atoms with van der Waals surface area (Å²) in [6, 6.07) is 0. The molecule has 1 rings (SSSR count). The van der Waals surface area contributed by atoms with E-state index in [1.54, 1.807) is 13.8 Å². The lowest BCUT2D eigenvalue weighted by atomic mass is 10.2. The van der Waals surface area contributed by atoms with Crippen molar-refractivity contribution in [3.63, 3.8) is 0 Å². The summed E-state index contributed by atoms with van der Waals surface area (Å²) in [5, 5.41) is 12.2. The molecule has 6 heteroatoms. The van der Waals surface area contributed by atoms with Crippen LogP contribution < -0.4 is 10.6 Å². The second kappa shape index (κ2) is 6.78. The zero-order valence-corrected chi connectivity index (χ0v) is 11.1. The molecule has 0 aromatic carbocycles. The quantitative estimate of drug-likeness (QED) is 0.695. The molecule has 6 nitrogen and oxygen atoms in total. The van der Waals surface area contributed by atoms with Gasteiger partial charge in [0.2, 0.25) is 5.91 Å². The van der Waals surface area contributed by atoms with E-state index in [1.165, 1.54) is 0 Å². The molecule has 2 amide bonds. The first kappa shape index (κ1) is 14.2. The summed E-state index contributed by atoms with van der Waals surface area (Å²) >= 11 is 0. The van der Waals surface area contributed by atoms with Crippen molar-refractivity contribution in [2.75, 3.05) is 13.1 Å². The molecular formula is C12H20N4O2. The van der Waals surface area contributed by atoms with Gasteiger partial charge in [0.1, 0.15) is 0 Å². The summed E-state index contributed by atoms with van der Waals surface area (Å²) in [6.07, 6.45) is 1.20. The topological polar surface area (TPSA) is 86.9 Å². The summed E-state index contributed by atoms with van der Waals surface area (Å²) < 4.78 is 0. The minimum absolute atomic E-state index is 0.0437. The molecule has 1 heterocycles. The predicted molar refractivity (Wildman–Crippen MR) is 68.3 cm³/mol. The largest absolute Gasteiger partial charge is 0.356 e. The number of aromatic nitrogens is 2. The van der Waals surface area contributed by atoms with Crippen LogP contribution in [-0.4, -0.2) is 35.1 Å². The third-order valence-electron chi connectivity index (χ3n) is 2.56. The van der Waals surface area contributed by atoms with Gasteiger partial charge in [-0.05, 0) is 20.3 Å². The van der Waals surface area contributed by atoms with Crippen LogP contribution in [0.4, 0.5) is 0 Å². The van der Waals surface area contributed by atoms with E-state index in [-0.39, 0.29) is 11.8 Å². The van der Waals surface area contributed by atoms with Gasteiger partial charge in [-0.3, -0.25) is 14.7 Å². The lowest BCUT2D eigenvalue weighted by Gasteiger charge is -2.06. The van der Waals surface area contributed by atoms with E-state index >= 15 is 0 Å². The van der Waals surface area contributed by atoms with Gasteiger partial charge in [-0.2, -0.15) is 5.10 Å². The van der Waals surface area contributed by atoms with Gasteiger partial charge in [0.05, 0.1) is 11.3 Å². The van der Waals surface area contributed by atoms with Crippen LogP contribution in [0.25, 0.3) is 0 Å². The molecule has 0 aliphatic rings. The van der Waals surface area contributed by atoms with Gasteiger partial charge in [-0.1, -0.05) is 6.92 Å². The highest BCUT2D eigenvalue weighted by Crippen LogP contribution is 2.08. The molecule has 0 spiro atoms. The number of hydrogen-bond acceptors (Lipinski definition) is 3. The number of carbonyl (C=O) groups is 2. The normalized spacial score (nSPS) is 10.2. The molecule has 0 radical (unpaired) electrons. The Morgan fingerprint density at radius 1 is 1.22 bits per heavy atom. The maximum atomic E-state index is 11.8. The van der Waals surface area contributed by atoms with Crippen LogP contribution in [0.2, 0.25) is 0 Å². The van der Waals surface area contributed by atoms with Crippen LogP contribution in [0, 0.1) is 13.8 Å². The smallest absolute Gasteiger partial charge is 0.255 e. The highest BCUT2D eigenvalue weighted by Gasteiger charge is 2.14. The van der Waals surface area contributed by atoms with Crippen molar-refractivity contribution in [3.8, 4) is 0 Å². The van der Waals surface area contributed by atoms with Crippen molar-refractivity contribution in [2.45, 2.75) is 33.6 Å². The fourth-order valence-electron chi connectivity index (χ4n) is 1.62. The van der Waals surface area contributed by atoms with Crippen molar-refractivity contribution < 1.29 is 9.59 Å². The monoisotopic (exact) mass is 252 g/mol. The van der Waals surface area contributed by atoms with E-state index in [0.717, 1.165) is 12.1 Å². The number of nitrogens with zero attached hydrogens (tertiary/aromatic N) is 1. The van der Waals surface area contributed by atoms with Crippen LogP contribution >= 0.6 is 0 Å². The molecule has 0 unspecified atom stereocenters. The molecule has 0 saturated heterocycles. The van der Waals surface area contributed by atoms with Gasteiger partial charge in [0.15, 0.2) is 0 Å². The first-order valence-electron chi connectivity index (χ1n) is 6.12. The molecule has 0 aliphatic heterocycles. The van der Waals surface area contributed by atoms with Gasteiger partial charge >= 0.3 is 0 Å². The Hall–Kier alpha value is -1.85. The molecule has 0 saturated carbocycles. The zero-order valence-electron chi connectivity index (χ0n) is 11.1. The number of aryl methyl sites for hydroxylation is 2. The second-order valence-corrected chi connectivity index (χ2v) is 4.16. The van der Waals surface area contributed by atoms with Crippen LogP contribution in [-0.2, 0) is 4.79 Å². The van der Waals surface area contributed by atoms with Crippen molar-refractivity contribution in [3.05, 3.63) is 17.0 Å². The summed E-state index contributed by atoms with van der Waals surface area (Å²) in [5.74, 6) is -0.236. The van der Waals surface area contributed by atoms with E-state index in [1.807, 2.05) is 6.92 Å². The van der Waals surface area contributed by atoms with Crippen molar-refractivity contribution in [1.29, 1.82) is 0 Å². The van der Waals surface area contributed by atoms with Crippen LogP contribution in [0.5, 0.6) is 0 Å². The zero-order chi connectivity index (χ0) is 13.5. The molecule has 0 atom stereocenters. The molecule has 0 bridgehead atoms. The summed E-state index contributed by atoms with van der Waals surface area (Å²) in [6.45, 7) is 6.56. The number of hydrogen-bond donors (Lipinski definition) is 3. The molecule has 0 aliphatic carbocycles. The highest BCUT2D eigenvalue weighted by atomic mass is 16.2. The SMILES string of the molecule is CCCNC(=O)CCNC(=O)c1c(C)n[nH]c1C. The Bertz CT molecular complexity index is 406. The Morgan fingerprint density at radius 3 is 2.50 bits per heavy atom. The lowest BCUT2D eigenvalue weighted by Crippen LogP contribution is -2.31. The predicted octanol–water partition coefficient (Wildman–Crippen LogP) is 0.673. The van der Waals surface area contributed by atoms with Gasteiger partial charge in [0.25, 0.3) is 5.91 Å². The number of nitrogens with one attached hydrogen (secondary N) is 3. The van der Waals surface area contributed by atoms with Gasteiger partial charge in [-0.25, -0.2) is 0 Å². The number of H-pyrrole nitrogens is 1. The van der Waals surface area contributed by atoms with Gasteiger partial charge in [0, 0.05) is 25.2 Å². The van der Waals surface area contributed by atoms with E-state index < -0.39 is 0 Å². The average molecular weight is 252 g/mol. The Balaban J connectivity index is 2.36. The first-order chi connectivity index (χ1) is 8.56. The molecule has 18 heavy (non-hydrogen) atoms. The van der Waals surface area contributed by atoms with Gasteiger partial charge in [-0.15, -0.1) is 0 Å². The molecule has 3 N–H and O–H groups in total. The fraction of sp³-hybridized carbons (Fsp3) is 0.583. The van der Waals surface area contributed by atoms with Gasteiger partial charge < -0.3 is 10.6 Å². The molecular weight excluding hydrogens is 232 g/mol. The Morgan fingerprint density at radius 2 is 1.94 bits per heavy atom. The highest BCUT2D eigenvalue weighted by molar-refractivity contribution is 5.96.